The van der Waals surface area contributed by atoms with Crippen molar-refractivity contribution >= 4 is 17.5 Å². The number of halogens is 1. The van der Waals surface area contributed by atoms with E-state index in [4.69, 9.17) is 11.6 Å². The third kappa shape index (κ3) is 3.61. The van der Waals surface area contributed by atoms with E-state index in [0.717, 1.165) is 24.2 Å². The number of nitrogens with one attached hydrogen (secondary N) is 2. The van der Waals surface area contributed by atoms with Crippen molar-refractivity contribution in [2.75, 3.05) is 0 Å². The van der Waals surface area contributed by atoms with Crippen LogP contribution in [-0.2, 0) is 6.42 Å². The molecule has 3 rings (SSSR count). The number of hydrogen-bond donors (Lipinski definition) is 2. The van der Waals surface area contributed by atoms with E-state index >= 15 is 0 Å². The molecule has 1 aliphatic carbocycles. The normalized spacial score (nSPS) is 15.7. The van der Waals surface area contributed by atoms with Gasteiger partial charge >= 0.3 is 0 Å². The number of carbonyl (C=O) groups is 1. The Kier molecular flexibility index (Phi) is 3.92. The van der Waals surface area contributed by atoms with Gasteiger partial charge in [-0.1, -0.05) is 23.7 Å². The molecule has 1 heterocycles. The summed E-state index contributed by atoms with van der Waals surface area (Å²) in [4.78, 5) is 16.3. The van der Waals surface area contributed by atoms with Gasteiger partial charge in [-0.3, -0.25) is 9.89 Å². The van der Waals surface area contributed by atoms with Crippen molar-refractivity contribution in [2.45, 2.75) is 38.1 Å². The maximum Gasteiger partial charge on any atom is 0.291 e. The lowest BCUT2D eigenvalue weighted by atomic mass is 10.1. The number of carbonyl (C=O) groups excluding carboxylic acids is 1. The van der Waals surface area contributed by atoms with Gasteiger partial charge in [0.2, 0.25) is 5.82 Å². The number of aromatic amines is 1. The van der Waals surface area contributed by atoms with Crippen LogP contribution in [0.25, 0.3) is 0 Å². The number of H-pyrrole nitrogens is 1. The maximum atomic E-state index is 12.1. The monoisotopic (exact) mass is 304 g/mol. The molecule has 0 aliphatic heterocycles. The third-order valence-electron chi connectivity index (χ3n) is 3.48. The first kappa shape index (κ1) is 14.1. The zero-order chi connectivity index (χ0) is 14.8. The SMILES string of the molecule is CC(Cc1cccc(Cl)c1)NC(=O)c1n[nH]c(C2CC2)n1. The van der Waals surface area contributed by atoms with Gasteiger partial charge in [0, 0.05) is 17.0 Å². The summed E-state index contributed by atoms with van der Waals surface area (Å²) < 4.78 is 0. The molecule has 0 bridgehead atoms. The van der Waals surface area contributed by atoms with Crippen molar-refractivity contribution in [1.29, 1.82) is 0 Å². The molecule has 5 nitrogen and oxygen atoms in total. The summed E-state index contributed by atoms with van der Waals surface area (Å²) in [5.74, 6) is 1.26. The van der Waals surface area contributed by atoms with Crippen LogP contribution >= 0.6 is 11.6 Å². The molecule has 21 heavy (non-hydrogen) atoms. The van der Waals surface area contributed by atoms with E-state index in [2.05, 4.69) is 20.5 Å². The molecule has 0 saturated heterocycles. The van der Waals surface area contributed by atoms with E-state index in [0.29, 0.717) is 17.4 Å². The predicted octanol–water partition coefficient (Wildman–Crippen LogP) is 2.70. The highest BCUT2D eigenvalue weighted by Gasteiger charge is 2.28. The van der Waals surface area contributed by atoms with Crippen LogP contribution in [0.4, 0.5) is 0 Å². The highest BCUT2D eigenvalue weighted by molar-refractivity contribution is 6.30. The summed E-state index contributed by atoms with van der Waals surface area (Å²) in [6, 6.07) is 7.62. The van der Waals surface area contributed by atoms with E-state index in [1.807, 2.05) is 31.2 Å². The fraction of sp³-hybridized carbons (Fsp3) is 0.400. The molecular weight excluding hydrogens is 288 g/mol. The summed E-state index contributed by atoms with van der Waals surface area (Å²) in [6.45, 7) is 1.95. The standard InChI is InChI=1S/C15H17ClN4O/c1-9(7-10-3-2-4-12(16)8-10)17-15(21)14-18-13(19-20-14)11-5-6-11/h2-4,8-9,11H,5-7H2,1H3,(H,17,21)(H,18,19,20). The number of rotatable bonds is 5. The average molecular weight is 305 g/mol. The Balaban J connectivity index is 1.58. The minimum absolute atomic E-state index is 0.0150. The summed E-state index contributed by atoms with van der Waals surface area (Å²) in [5, 5.41) is 10.4. The lowest BCUT2D eigenvalue weighted by Crippen LogP contribution is -2.34. The second kappa shape index (κ2) is 5.85. The van der Waals surface area contributed by atoms with E-state index in [9.17, 15) is 4.79 Å². The maximum absolute atomic E-state index is 12.1. The molecule has 0 radical (unpaired) electrons. The predicted molar refractivity (Wildman–Crippen MR) is 80.4 cm³/mol. The second-order valence-electron chi connectivity index (χ2n) is 5.53. The van der Waals surface area contributed by atoms with E-state index in [1.165, 1.54) is 0 Å². The molecule has 0 spiro atoms. The molecule has 1 atom stereocenters. The van der Waals surface area contributed by atoms with Gasteiger partial charge in [0.15, 0.2) is 0 Å². The molecular formula is C15H17ClN4O. The van der Waals surface area contributed by atoms with Crippen LogP contribution in [0.2, 0.25) is 5.02 Å². The topological polar surface area (TPSA) is 70.7 Å². The van der Waals surface area contributed by atoms with Crippen molar-refractivity contribution < 1.29 is 4.79 Å². The first-order valence-electron chi connectivity index (χ1n) is 7.09. The largest absolute Gasteiger partial charge is 0.346 e. The Morgan fingerprint density at radius 2 is 2.33 bits per heavy atom. The summed E-state index contributed by atoms with van der Waals surface area (Å²) in [5.41, 5.74) is 1.09. The van der Waals surface area contributed by atoms with E-state index < -0.39 is 0 Å². The van der Waals surface area contributed by atoms with Gasteiger partial charge in [-0.15, -0.1) is 5.10 Å². The summed E-state index contributed by atoms with van der Waals surface area (Å²) in [6.07, 6.45) is 2.97. The van der Waals surface area contributed by atoms with Gasteiger partial charge in [0.05, 0.1) is 0 Å². The van der Waals surface area contributed by atoms with Gasteiger partial charge < -0.3 is 5.32 Å². The fourth-order valence-corrected chi connectivity index (χ4v) is 2.48. The zero-order valence-electron chi connectivity index (χ0n) is 11.8. The van der Waals surface area contributed by atoms with Gasteiger partial charge in [-0.25, -0.2) is 4.98 Å². The molecule has 6 heteroatoms. The highest BCUT2D eigenvalue weighted by Crippen LogP contribution is 2.37. The molecule has 1 fully saturated rings. The first-order chi connectivity index (χ1) is 10.1. The Labute approximate surface area is 128 Å². The van der Waals surface area contributed by atoms with Crippen molar-refractivity contribution in [3.8, 4) is 0 Å². The Bertz CT molecular complexity index is 651. The molecule has 2 N–H and O–H groups in total. The first-order valence-corrected chi connectivity index (χ1v) is 7.47. The minimum atomic E-state index is -0.243. The Morgan fingerprint density at radius 3 is 3.05 bits per heavy atom. The molecule has 2 aromatic rings. The highest BCUT2D eigenvalue weighted by atomic mass is 35.5. The zero-order valence-corrected chi connectivity index (χ0v) is 12.5. The molecule has 1 saturated carbocycles. The third-order valence-corrected chi connectivity index (χ3v) is 3.71. The molecule has 1 amide bonds. The molecule has 1 aliphatic rings. The number of amides is 1. The van der Waals surface area contributed by atoms with E-state index in [-0.39, 0.29) is 17.8 Å². The average Bonchev–Trinajstić information content (AvgIpc) is 3.16. The smallest absolute Gasteiger partial charge is 0.291 e. The van der Waals surface area contributed by atoms with Crippen LogP contribution in [-0.4, -0.2) is 27.1 Å². The Morgan fingerprint density at radius 1 is 1.52 bits per heavy atom. The molecule has 110 valence electrons. The summed E-state index contributed by atoms with van der Waals surface area (Å²) >= 11 is 5.96. The molecule has 1 unspecified atom stereocenters. The van der Waals surface area contributed by atoms with Crippen molar-refractivity contribution in [3.63, 3.8) is 0 Å². The Hall–Kier alpha value is -1.88. The van der Waals surface area contributed by atoms with Crippen molar-refractivity contribution in [2.24, 2.45) is 0 Å². The molecule has 1 aromatic carbocycles. The van der Waals surface area contributed by atoms with Crippen LogP contribution in [0.5, 0.6) is 0 Å². The lowest BCUT2D eigenvalue weighted by molar-refractivity contribution is 0.0930. The molecule has 1 aromatic heterocycles. The van der Waals surface area contributed by atoms with Gasteiger partial charge in [-0.05, 0) is 43.9 Å². The van der Waals surface area contributed by atoms with E-state index in [1.54, 1.807) is 0 Å². The summed E-state index contributed by atoms with van der Waals surface area (Å²) in [7, 11) is 0. The van der Waals surface area contributed by atoms with Gasteiger partial charge in [0.1, 0.15) is 5.82 Å². The minimum Gasteiger partial charge on any atom is -0.346 e. The van der Waals surface area contributed by atoms with Crippen LogP contribution in [0.3, 0.4) is 0 Å². The van der Waals surface area contributed by atoms with Gasteiger partial charge in [0.25, 0.3) is 5.91 Å². The van der Waals surface area contributed by atoms with Crippen molar-refractivity contribution in [3.05, 3.63) is 46.5 Å². The quantitative estimate of drug-likeness (QED) is 0.892. The van der Waals surface area contributed by atoms with Crippen molar-refractivity contribution in [1.82, 2.24) is 20.5 Å². The van der Waals surface area contributed by atoms with Crippen LogP contribution in [0.1, 0.15) is 47.7 Å². The van der Waals surface area contributed by atoms with Crippen LogP contribution in [0, 0.1) is 0 Å². The number of aromatic nitrogens is 3. The van der Waals surface area contributed by atoms with Crippen LogP contribution in [0.15, 0.2) is 24.3 Å². The number of hydrogen-bond acceptors (Lipinski definition) is 3. The lowest BCUT2D eigenvalue weighted by Gasteiger charge is -2.12. The van der Waals surface area contributed by atoms with Gasteiger partial charge in [-0.2, -0.15) is 0 Å². The second-order valence-corrected chi connectivity index (χ2v) is 5.96. The number of nitrogens with zero attached hydrogens (tertiary/aromatic N) is 2. The fourth-order valence-electron chi connectivity index (χ4n) is 2.27. The number of benzene rings is 1. The van der Waals surface area contributed by atoms with Crippen LogP contribution < -0.4 is 5.32 Å².